The number of rotatable bonds is 3. The third-order valence-corrected chi connectivity index (χ3v) is 5.48. The fourth-order valence-corrected chi connectivity index (χ4v) is 4.15. The molecule has 2 aliphatic heterocycles. The minimum absolute atomic E-state index is 0.304. The number of piperidine rings is 1. The zero-order valence-electron chi connectivity index (χ0n) is 17.0. The zero-order valence-corrected chi connectivity index (χ0v) is 17.0. The Balaban J connectivity index is 0.000000339. The standard InChI is InChI=1S/C17H23FN6.C2HF3O2/c1-22-10-14(7-21-22)11-23-6-4-17(12-23)3-2-5-24(13-17)16-19-8-15(18)9-20-16;3-2(4,5)1(6)7/h7-10H,2-6,11-13H2,1H3;(H,6,7). The van der Waals surface area contributed by atoms with E-state index in [9.17, 15) is 17.6 Å². The van der Waals surface area contributed by atoms with Crippen LogP contribution in [-0.2, 0) is 18.4 Å². The molecule has 31 heavy (non-hydrogen) atoms. The Morgan fingerprint density at radius 3 is 2.42 bits per heavy atom. The van der Waals surface area contributed by atoms with Gasteiger partial charge in [0, 0.05) is 50.4 Å². The number of halogens is 4. The van der Waals surface area contributed by atoms with Crippen LogP contribution in [0.1, 0.15) is 24.8 Å². The van der Waals surface area contributed by atoms with Crippen molar-refractivity contribution in [3.05, 3.63) is 36.2 Å². The Morgan fingerprint density at radius 1 is 1.16 bits per heavy atom. The van der Waals surface area contributed by atoms with E-state index in [0.717, 1.165) is 39.1 Å². The van der Waals surface area contributed by atoms with E-state index in [0.29, 0.717) is 11.4 Å². The molecule has 2 aliphatic rings. The molecule has 4 rings (SSSR count). The normalized spacial score (nSPS) is 21.8. The third-order valence-electron chi connectivity index (χ3n) is 5.48. The summed E-state index contributed by atoms with van der Waals surface area (Å²) in [6.45, 7) is 5.09. The number of hydrogen-bond donors (Lipinski definition) is 1. The number of aliphatic carboxylic acids is 1. The predicted molar refractivity (Wildman–Crippen MR) is 103 cm³/mol. The van der Waals surface area contributed by atoms with Gasteiger partial charge >= 0.3 is 12.1 Å². The van der Waals surface area contributed by atoms with E-state index in [-0.39, 0.29) is 5.82 Å². The van der Waals surface area contributed by atoms with Gasteiger partial charge in [0.25, 0.3) is 0 Å². The number of hydrogen-bond acceptors (Lipinski definition) is 6. The molecule has 1 spiro atoms. The second kappa shape index (κ2) is 9.16. The lowest BCUT2D eigenvalue weighted by Crippen LogP contribution is -2.45. The summed E-state index contributed by atoms with van der Waals surface area (Å²) >= 11 is 0. The number of aromatic nitrogens is 4. The van der Waals surface area contributed by atoms with Gasteiger partial charge in [-0.25, -0.2) is 19.2 Å². The van der Waals surface area contributed by atoms with Crippen molar-refractivity contribution < 1.29 is 27.5 Å². The van der Waals surface area contributed by atoms with E-state index >= 15 is 0 Å². The van der Waals surface area contributed by atoms with Crippen molar-refractivity contribution in [3.8, 4) is 0 Å². The van der Waals surface area contributed by atoms with Crippen molar-refractivity contribution in [2.24, 2.45) is 12.5 Å². The number of carboxylic acid groups (broad SMARTS) is 1. The molecule has 2 aromatic heterocycles. The van der Waals surface area contributed by atoms with Crippen LogP contribution in [0.5, 0.6) is 0 Å². The number of aryl methyl sites for hydroxylation is 1. The van der Waals surface area contributed by atoms with Gasteiger partial charge in [0.1, 0.15) is 0 Å². The summed E-state index contributed by atoms with van der Waals surface area (Å²) < 4.78 is 46.6. The van der Waals surface area contributed by atoms with E-state index in [1.165, 1.54) is 30.8 Å². The van der Waals surface area contributed by atoms with Crippen LogP contribution in [0.15, 0.2) is 24.8 Å². The highest BCUT2D eigenvalue weighted by Crippen LogP contribution is 2.40. The summed E-state index contributed by atoms with van der Waals surface area (Å²) in [5.41, 5.74) is 1.57. The summed E-state index contributed by atoms with van der Waals surface area (Å²) in [6, 6.07) is 0. The summed E-state index contributed by atoms with van der Waals surface area (Å²) in [7, 11) is 1.96. The van der Waals surface area contributed by atoms with Crippen molar-refractivity contribution in [1.29, 1.82) is 0 Å². The van der Waals surface area contributed by atoms with E-state index in [2.05, 4.69) is 31.1 Å². The maximum Gasteiger partial charge on any atom is 0.490 e. The lowest BCUT2D eigenvalue weighted by molar-refractivity contribution is -0.192. The molecule has 2 aromatic rings. The van der Waals surface area contributed by atoms with Gasteiger partial charge in [0.2, 0.25) is 5.95 Å². The van der Waals surface area contributed by atoms with Gasteiger partial charge in [0.05, 0.1) is 18.6 Å². The number of carbonyl (C=O) groups is 1. The molecule has 1 atom stereocenters. The van der Waals surface area contributed by atoms with Crippen LogP contribution in [0.25, 0.3) is 0 Å². The molecule has 2 fully saturated rings. The SMILES string of the molecule is Cn1cc(CN2CCC3(CCCN(c4ncc(F)cn4)C3)C2)cn1.O=C(O)C(F)(F)F. The third kappa shape index (κ3) is 6.12. The van der Waals surface area contributed by atoms with Crippen LogP contribution in [-0.4, -0.2) is 68.1 Å². The highest BCUT2D eigenvalue weighted by molar-refractivity contribution is 5.73. The average Bonchev–Trinajstić information content (AvgIpc) is 3.28. The largest absolute Gasteiger partial charge is 0.490 e. The molecule has 1 N–H and O–H groups in total. The molecule has 0 bridgehead atoms. The molecule has 2 saturated heterocycles. The van der Waals surface area contributed by atoms with Gasteiger partial charge in [-0.1, -0.05) is 0 Å². The number of likely N-dealkylation sites (tertiary alicyclic amines) is 1. The predicted octanol–water partition coefficient (Wildman–Crippen LogP) is 2.47. The first-order valence-corrected chi connectivity index (χ1v) is 9.79. The molecule has 0 saturated carbocycles. The first-order valence-electron chi connectivity index (χ1n) is 9.79. The quantitative estimate of drug-likeness (QED) is 0.728. The van der Waals surface area contributed by atoms with Gasteiger partial charge < -0.3 is 10.0 Å². The molecule has 4 heterocycles. The highest BCUT2D eigenvalue weighted by Gasteiger charge is 2.42. The molecular weight excluding hydrogens is 420 g/mol. The van der Waals surface area contributed by atoms with Gasteiger partial charge in [-0.15, -0.1) is 0 Å². The lowest BCUT2D eigenvalue weighted by atomic mass is 9.79. The Morgan fingerprint density at radius 2 is 1.84 bits per heavy atom. The topological polar surface area (TPSA) is 87.4 Å². The summed E-state index contributed by atoms with van der Waals surface area (Å²) in [5, 5.41) is 11.4. The van der Waals surface area contributed by atoms with E-state index in [1.54, 1.807) is 0 Å². The molecule has 0 amide bonds. The lowest BCUT2D eigenvalue weighted by Gasteiger charge is -2.40. The van der Waals surface area contributed by atoms with Crippen molar-refractivity contribution in [1.82, 2.24) is 24.6 Å². The second-order valence-corrected chi connectivity index (χ2v) is 8.01. The fraction of sp³-hybridized carbons (Fsp3) is 0.579. The molecule has 0 radical (unpaired) electrons. The molecule has 170 valence electrons. The van der Waals surface area contributed by atoms with Crippen molar-refractivity contribution >= 4 is 11.9 Å². The monoisotopic (exact) mass is 444 g/mol. The van der Waals surface area contributed by atoms with Crippen LogP contribution in [0, 0.1) is 11.2 Å². The number of nitrogens with zero attached hydrogens (tertiary/aromatic N) is 6. The van der Waals surface area contributed by atoms with Crippen LogP contribution in [0.4, 0.5) is 23.5 Å². The fourth-order valence-electron chi connectivity index (χ4n) is 4.15. The number of alkyl halides is 3. The van der Waals surface area contributed by atoms with Crippen LogP contribution < -0.4 is 4.90 Å². The van der Waals surface area contributed by atoms with Crippen LogP contribution in [0.3, 0.4) is 0 Å². The minimum atomic E-state index is -5.08. The molecule has 1 unspecified atom stereocenters. The summed E-state index contributed by atoms with van der Waals surface area (Å²) in [6.07, 6.45) is 5.05. The van der Waals surface area contributed by atoms with Crippen molar-refractivity contribution in [3.63, 3.8) is 0 Å². The van der Waals surface area contributed by atoms with Gasteiger partial charge in [-0.3, -0.25) is 9.58 Å². The van der Waals surface area contributed by atoms with E-state index in [4.69, 9.17) is 9.90 Å². The first kappa shape index (κ1) is 22.9. The molecular formula is C19H24F4N6O2. The second-order valence-electron chi connectivity index (χ2n) is 8.01. The Labute approximate surface area is 176 Å². The summed E-state index contributed by atoms with van der Waals surface area (Å²) in [5.74, 6) is -2.48. The first-order chi connectivity index (χ1) is 14.6. The number of anilines is 1. The highest BCUT2D eigenvalue weighted by atomic mass is 19.4. The smallest absolute Gasteiger partial charge is 0.475 e. The van der Waals surface area contributed by atoms with E-state index < -0.39 is 12.1 Å². The summed E-state index contributed by atoms with van der Waals surface area (Å²) in [4.78, 5) is 22.0. The van der Waals surface area contributed by atoms with Crippen LogP contribution >= 0.6 is 0 Å². The maximum atomic E-state index is 13.1. The van der Waals surface area contributed by atoms with Gasteiger partial charge in [-0.2, -0.15) is 18.3 Å². The van der Waals surface area contributed by atoms with Gasteiger partial charge in [0.15, 0.2) is 5.82 Å². The molecule has 8 nitrogen and oxygen atoms in total. The molecule has 0 aromatic carbocycles. The Bertz CT molecular complexity index is 888. The molecule has 0 aliphatic carbocycles. The van der Waals surface area contributed by atoms with Crippen molar-refractivity contribution in [2.45, 2.75) is 32.0 Å². The molecule has 12 heteroatoms. The maximum absolute atomic E-state index is 13.1. The van der Waals surface area contributed by atoms with Crippen LogP contribution in [0.2, 0.25) is 0 Å². The minimum Gasteiger partial charge on any atom is -0.475 e. The average molecular weight is 444 g/mol. The Kier molecular flexibility index (Phi) is 6.77. The van der Waals surface area contributed by atoms with Crippen molar-refractivity contribution in [2.75, 3.05) is 31.1 Å². The van der Waals surface area contributed by atoms with Gasteiger partial charge in [-0.05, 0) is 25.8 Å². The number of carboxylic acids is 1. The van der Waals surface area contributed by atoms with E-state index in [1.807, 2.05) is 17.9 Å². The Hall–Kier alpha value is -2.76. The zero-order chi connectivity index (χ0) is 22.6.